The number of halogens is 1. The zero-order valence-electron chi connectivity index (χ0n) is 24.3. The Kier molecular flexibility index (Phi) is 9.28. The molecule has 4 heterocycles. The van der Waals surface area contributed by atoms with Crippen LogP contribution in [-0.2, 0) is 9.57 Å². The van der Waals surface area contributed by atoms with Gasteiger partial charge in [0, 0.05) is 44.5 Å². The molecule has 0 aliphatic carbocycles. The van der Waals surface area contributed by atoms with E-state index in [0.717, 1.165) is 56.9 Å². The van der Waals surface area contributed by atoms with Gasteiger partial charge in [0.1, 0.15) is 11.6 Å². The standard InChI is InChI=1S/C31H37FN6O4/c1-21-28(31(40)38(41-3)24-9-10-29(34-18-24)35-20-27-8-7-13-42-27)17-26(19-33-21)36(2)30(39)22-14-23(32)16-25(15-22)37-11-5-4-6-12-37/h9-10,14-19,27H,4-8,11-13,20H2,1-3H3,(H,34,35). The number of anilines is 4. The average Bonchev–Trinajstić information content (AvgIpc) is 3.54. The number of nitrogens with zero attached hydrogens (tertiary/aromatic N) is 5. The van der Waals surface area contributed by atoms with E-state index in [4.69, 9.17) is 9.57 Å². The summed E-state index contributed by atoms with van der Waals surface area (Å²) < 4.78 is 20.2. The lowest BCUT2D eigenvalue weighted by Crippen LogP contribution is -2.32. The number of carbonyl (C=O) groups is 2. The molecule has 2 fully saturated rings. The van der Waals surface area contributed by atoms with Gasteiger partial charge in [0.05, 0.1) is 48.2 Å². The Morgan fingerprint density at radius 3 is 2.52 bits per heavy atom. The molecule has 0 radical (unpaired) electrons. The predicted molar refractivity (Wildman–Crippen MR) is 160 cm³/mol. The zero-order valence-corrected chi connectivity index (χ0v) is 24.3. The Labute approximate surface area is 245 Å². The number of carbonyl (C=O) groups excluding carboxylic acids is 2. The fraction of sp³-hybridized carbons (Fsp3) is 0.419. The van der Waals surface area contributed by atoms with Crippen LogP contribution in [0.2, 0.25) is 0 Å². The number of hydrogen-bond acceptors (Lipinski definition) is 8. The Balaban J connectivity index is 1.32. The Morgan fingerprint density at radius 2 is 1.83 bits per heavy atom. The summed E-state index contributed by atoms with van der Waals surface area (Å²) in [6.45, 7) is 4.83. The van der Waals surface area contributed by atoms with Gasteiger partial charge in [-0.3, -0.25) is 19.4 Å². The van der Waals surface area contributed by atoms with Crippen molar-refractivity contribution in [1.29, 1.82) is 0 Å². The molecule has 2 amide bonds. The fourth-order valence-electron chi connectivity index (χ4n) is 5.31. The Morgan fingerprint density at radius 1 is 1.05 bits per heavy atom. The number of benzene rings is 1. The number of piperidine rings is 1. The van der Waals surface area contributed by atoms with Gasteiger partial charge in [0.25, 0.3) is 11.8 Å². The number of hydrogen-bond donors (Lipinski definition) is 1. The minimum Gasteiger partial charge on any atom is -0.376 e. The molecule has 11 heteroatoms. The van der Waals surface area contributed by atoms with E-state index in [0.29, 0.717) is 35.1 Å². The molecule has 42 heavy (non-hydrogen) atoms. The Bertz CT molecular complexity index is 1410. The first-order valence-electron chi connectivity index (χ1n) is 14.3. The highest BCUT2D eigenvalue weighted by Crippen LogP contribution is 2.26. The first-order chi connectivity index (χ1) is 20.3. The molecule has 222 valence electrons. The minimum absolute atomic E-state index is 0.175. The highest BCUT2D eigenvalue weighted by atomic mass is 19.1. The number of nitrogens with one attached hydrogen (secondary N) is 1. The van der Waals surface area contributed by atoms with Gasteiger partial charge in [-0.15, -0.1) is 0 Å². The number of pyridine rings is 2. The topological polar surface area (TPSA) is 100 Å². The first-order valence-corrected chi connectivity index (χ1v) is 14.3. The highest BCUT2D eigenvalue weighted by molar-refractivity contribution is 6.09. The van der Waals surface area contributed by atoms with Gasteiger partial charge in [-0.2, -0.15) is 5.06 Å². The third-order valence-corrected chi connectivity index (χ3v) is 7.73. The maximum Gasteiger partial charge on any atom is 0.284 e. The van der Waals surface area contributed by atoms with Crippen LogP contribution in [0.3, 0.4) is 0 Å². The van der Waals surface area contributed by atoms with E-state index in [-0.39, 0.29) is 17.2 Å². The fourth-order valence-corrected chi connectivity index (χ4v) is 5.31. The number of amides is 2. The second-order valence-corrected chi connectivity index (χ2v) is 10.6. The van der Waals surface area contributed by atoms with E-state index in [1.165, 1.54) is 30.3 Å². The van der Waals surface area contributed by atoms with Crippen molar-refractivity contribution in [3.8, 4) is 0 Å². The summed E-state index contributed by atoms with van der Waals surface area (Å²) in [7, 11) is 2.97. The molecule has 5 rings (SSSR count). The summed E-state index contributed by atoms with van der Waals surface area (Å²) in [5.74, 6) is -0.676. The number of rotatable bonds is 9. The minimum atomic E-state index is -0.467. The summed E-state index contributed by atoms with van der Waals surface area (Å²) >= 11 is 0. The van der Waals surface area contributed by atoms with Gasteiger partial charge in [-0.1, -0.05) is 0 Å². The van der Waals surface area contributed by atoms with Crippen LogP contribution in [-0.4, -0.2) is 68.3 Å². The van der Waals surface area contributed by atoms with Crippen LogP contribution in [0.5, 0.6) is 0 Å². The summed E-state index contributed by atoms with van der Waals surface area (Å²) in [6.07, 6.45) is 8.55. The quantitative estimate of drug-likeness (QED) is 0.356. The zero-order chi connectivity index (χ0) is 29.6. The number of aryl methyl sites for hydroxylation is 1. The molecule has 2 aliphatic heterocycles. The molecule has 1 unspecified atom stereocenters. The molecule has 1 aromatic carbocycles. The first kappa shape index (κ1) is 29.4. The third-order valence-electron chi connectivity index (χ3n) is 7.73. The van der Waals surface area contributed by atoms with Crippen LogP contribution in [0.4, 0.5) is 27.3 Å². The molecule has 1 atom stereocenters. The average molecular weight is 577 g/mol. The largest absolute Gasteiger partial charge is 0.376 e. The maximum atomic E-state index is 14.6. The molecule has 10 nitrogen and oxygen atoms in total. The van der Waals surface area contributed by atoms with E-state index < -0.39 is 17.6 Å². The summed E-state index contributed by atoms with van der Waals surface area (Å²) in [5.41, 5.74) is 2.46. The van der Waals surface area contributed by atoms with Crippen molar-refractivity contribution in [2.75, 3.05) is 60.6 Å². The summed E-state index contributed by atoms with van der Waals surface area (Å²) in [6, 6.07) is 9.52. The van der Waals surface area contributed by atoms with Crippen LogP contribution in [0, 0.1) is 12.7 Å². The molecular weight excluding hydrogens is 539 g/mol. The van der Waals surface area contributed by atoms with Crippen molar-refractivity contribution in [3.63, 3.8) is 0 Å². The van der Waals surface area contributed by atoms with Gasteiger partial charge in [0.2, 0.25) is 0 Å². The van der Waals surface area contributed by atoms with E-state index >= 15 is 0 Å². The number of hydroxylamine groups is 1. The van der Waals surface area contributed by atoms with Crippen LogP contribution in [0.1, 0.15) is 58.5 Å². The number of aromatic nitrogens is 2. The smallest absolute Gasteiger partial charge is 0.284 e. The second kappa shape index (κ2) is 13.3. The van der Waals surface area contributed by atoms with E-state index in [1.54, 1.807) is 44.4 Å². The van der Waals surface area contributed by atoms with Crippen LogP contribution in [0.25, 0.3) is 0 Å². The van der Waals surface area contributed by atoms with E-state index in [9.17, 15) is 14.0 Å². The predicted octanol–water partition coefficient (Wildman–Crippen LogP) is 4.99. The molecule has 2 aliphatic rings. The summed E-state index contributed by atoms with van der Waals surface area (Å²) in [5, 5.41) is 4.39. The normalized spacial score (nSPS) is 16.8. The van der Waals surface area contributed by atoms with Gasteiger partial charge >= 0.3 is 0 Å². The van der Waals surface area contributed by atoms with Crippen molar-refractivity contribution in [1.82, 2.24) is 9.97 Å². The van der Waals surface area contributed by atoms with Crippen molar-refractivity contribution < 1.29 is 23.6 Å². The van der Waals surface area contributed by atoms with Gasteiger partial charge in [-0.05, 0) is 75.4 Å². The lowest BCUT2D eigenvalue weighted by Gasteiger charge is -2.29. The van der Waals surface area contributed by atoms with E-state index in [1.807, 2.05) is 0 Å². The van der Waals surface area contributed by atoms with Crippen LogP contribution in [0.15, 0.2) is 48.8 Å². The monoisotopic (exact) mass is 576 g/mol. The highest BCUT2D eigenvalue weighted by Gasteiger charge is 2.24. The second-order valence-electron chi connectivity index (χ2n) is 10.6. The lowest BCUT2D eigenvalue weighted by atomic mass is 10.1. The van der Waals surface area contributed by atoms with Crippen molar-refractivity contribution in [2.45, 2.75) is 45.1 Å². The van der Waals surface area contributed by atoms with Gasteiger partial charge < -0.3 is 19.9 Å². The number of ether oxygens (including phenoxy) is 1. The Hall–Kier alpha value is -4.09. The third kappa shape index (κ3) is 6.69. The summed E-state index contributed by atoms with van der Waals surface area (Å²) in [4.78, 5) is 44.8. The molecule has 0 bridgehead atoms. The van der Waals surface area contributed by atoms with Crippen LogP contribution < -0.4 is 20.2 Å². The SMILES string of the molecule is CON(C(=O)c1cc(N(C)C(=O)c2cc(F)cc(N3CCCCC3)c2)cnc1C)c1ccc(NCC2CCCO2)nc1. The van der Waals surface area contributed by atoms with Crippen molar-refractivity contribution in [3.05, 3.63) is 71.4 Å². The maximum absolute atomic E-state index is 14.6. The lowest BCUT2D eigenvalue weighted by molar-refractivity contribution is 0.0771. The molecule has 0 saturated carbocycles. The van der Waals surface area contributed by atoms with Crippen molar-refractivity contribution in [2.24, 2.45) is 0 Å². The van der Waals surface area contributed by atoms with Gasteiger partial charge in [-0.25, -0.2) is 9.37 Å². The molecule has 1 N–H and O–H groups in total. The van der Waals surface area contributed by atoms with Gasteiger partial charge in [0.15, 0.2) is 0 Å². The molecule has 3 aromatic rings. The molecule has 2 saturated heterocycles. The molecule has 0 spiro atoms. The van der Waals surface area contributed by atoms with Crippen molar-refractivity contribution >= 4 is 34.7 Å². The molecule has 2 aromatic heterocycles. The van der Waals surface area contributed by atoms with Crippen LogP contribution >= 0.6 is 0 Å². The molecular formula is C31H37FN6O4. The van der Waals surface area contributed by atoms with E-state index in [2.05, 4.69) is 20.2 Å².